The van der Waals surface area contributed by atoms with Gasteiger partial charge in [0.1, 0.15) is 5.78 Å². The summed E-state index contributed by atoms with van der Waals surface area (Å²) in [4.78, 5) is 25.0. The van der Waals surface area contributed by atoms with Crippen LogP contribution in [0, 0.1) is 11.8 Å². The molecule has 1 unspecified atom stereocenters. The Morgan fingerprint density at radius 2 is 1.73 bits per heavy atom. The van der Waals surface area contributed by atoms with E-state index in [4.69, 9.17) is 0 Å². The highest BCUT2D eigenvalue weighted by atomic mass is 16.2. The summed E-state index contributed by atoms with van der Waals surface area (Å²) in [7, 11) is 0. The van der Waals surface area contributed by atoms with Crippen molar-refractivity contribution in [3.63, 3.8) is 0 Å². The molecule has 2 rings (SSSR count). The van der Waals surface area contributed by atoms with Gasteiger partial charge in [-0.15, -0.1) is 0 Å². The van der Waals surface area contributed by atoms with Gasteiger partial charge in [0.05, 0.1) is 0 Å². The predicted octanol–water partition coefficient (Wildman–Crippen LogP) is 1.61. The molecular formula is C12H19NO2. The Bertz CT molecular complexity index is 269. The molecule has 0 radical (unpaired) electrons. The number of ketones is 1. The van der Waals surface area contributed by atoms with Gasteiger partial charge >= 0.3 is 0 Å². The normalized spacial score (nSPS) is 27.3. The van der Waals surface area contributed by atoms with Gasteiger partial charge in [-0.05, 0) is 19.3 Å². The van der Waals surface area contributed by atoms with E-state index >= 15 is 0 Å². The number of rotatable bonds is 2. The Morgan fingerprint density at radius 3 is 2.27 bits per heavy atom. The van der Waals surface area contributed by atoms with Crippen molar-refractivity contribution in [1.82, 2.24) is 4.90 Å². The number of likely N-dealkylation sites (tertiary alicyclic amines) is 1. The predicted molar refractivity (Wildman–Crippen MR) is 57.3 cm³/mol. The quantitative estimate of drug-likeness (QED) is 0.693. The third-order valence-corrected chi connectivity index (χ3v) is 3.79. The fourth-order valence-corrected chi connectivity index (χ4v) is 2.82. The number of carbonyl (C=O) groups is 2. The molecule has 84 valence electrons. The Balaban J connectivity index is 1.89. The monoisotopic (exact) mass is 209 g/mol. The van der Waals surface area contributed by atoms with Crippen LogP contribution in [0.15, 0.2) is 0 Å². The lowest BCUT2D eigenvalue weighted by Crippen LogP contribution is -2.29. The molecule has 1 heterocycles. The second kappa shape index (κ2) is 4.33. The van der Waals surface area contributed by atoms with E-state index in [1.807, 2.05) is 0 Å². The summed E-state index contributed by atoms with van der Waals surface area (Å²) < 4.78 is 0. The van der Waals surface area contributed by atoms with E-state index in [9.17, 15) is 9.59 Å². The zero-order valence-corrected chi connectivity index (χ0v) is 9.37. The van der Waals surface area contributed by atoms with Gasteiger partial charge in [-0.3, -0.25) is 9.59 Å². The number of amides is 1. The van der Waals surface area contributed by atoms with Crippen molar-refractivity contribution in [3.8, 4) is 0 Å². The third-order valence-electron chi connectivity index (χ3n) is 3.79. The van der Waals surface area contributed by atoms with Crippen LogP contribution in [0.25, 0.3) is 0 Å². The topological polar surface area (TPSA) is 37.4 Å². The first kappa shape index (κ1) is 10.7. The zero-order chi connectivity index (χ0) is 10.8. The molecule has 0 aromatic rings. The summed E-state index contributed by atoms with van der Waals surface area (Å²) in [5, 5.41) is 0. The molecule has 1 saturated carbocycles. The van der Waals surface area contributed by atoms with E-state index in [0.717, 1.165) is 25.8 Å². The molecular weight excluding hydrogens is 190 g/mol. The lowest BCUT2D eigenvalue weighted by molar-refractivity contribution is -0.129. The fourth-order valence-electron chi connectivity index (χ4n) is 2.82. The van der Waals surface area contributed by atoms with Crippen molar-refractivity contribution in [2.45, 2.75) is 39.0 Å². The highest BCUT2D eigenvalue weighted by Crippen LogP contribution is 2.30. The van der Waals surface area contributed by atoms with Gasteiger partial charge in [-0.25, -0.2) is 0 Å². The molecule has 1 aliphatic heterocycles. The summed E-state index contributed by atoms with van der Waals surface area (Å²) in [5.41, 5.74) is 0. The maximum Gasteiger partial charge on any atom is 0.219 e. The van der Waals surface area contributed by atoms with Crippen molar-refractivity contribution in [1.29, 1.82) is 0 Å². The molecule has 1 atom stereocenters. The van der Waals surface area contributed by atoms with Gasteiger partial charge in [0.2, 0.25) is 5.91 Å². The first-order chi connectivity index (χ1) is 7.18. The van der Waals surface area contributed by atoms with Gasteiger partial charge in [0.25, 0.3) is 0 Å². The van der Waals surface area contributed by atoms with E-state index in [-0.39, 0.29) is 11.8 Å². The molecule has 1 aliphatic carbocycles. The van der Waals surface area contributed by atoms with Crippen LogP contribution in [0.1, 0.15) is 39.0 Å². The molecule has 0 spiro atoms. The molecule has 0 bridgehead atoms. The Morgan fingerprint density at radius 1 is 1.07 bits per heavy atom. The zero-order valence-electron chi connectivity index (χ0n) is 9.37. The molecule has 0 aromatic carbocycles. The van der Waals surface area contributed by atoms with Crippen molar-refractivity contribution >= 4 is 11.7 Å². The van der Waals surface area contributed by atoms with Crippen LogP contribution in [0.2, 0.25) is 0 Å². The molecule has 0 aromatic heterocycles. The number of hydrogen-bond acceptors (Lipinski definition) is 2. The van der Waals surface area contributed by atoms with Crippen molar-refractivity contribution < 1.29 is 9.59 Å². The molecule has 1 saturated heterocycles. The Kier molecular flexibility index (Phi) is 3.08. The maximum absolute atomic E-state index is 12.1. The van der Waals surface area contributed by atoms with Crippen LogP contribution in [-0.2, 0) is 9.59 Å². The van der Waals surface area contributed by atoms with Gasteiger partial charge in [0, 0.05) is 31.8 Å². The summed E-state index contributed by atoms with van der Waals surface area (Å²) in [6.07, 6.45) is 5.46. The summed E-state index contributed by atoms with van der Waals surface area (Å²) in [5.74, 6) is 0.979. The summed E-state index contributed by atoms with van der Waals surface area (Å²) >= 11 is 0. The second-order valence-electron chi connectivity index (χ2n) is 4.83. The van der Waals surface area contributed by atoms with Gasteiger partial charge in [-0.1, -0.05) is 12.8 Å². The third kappa shape index (κ3) is 2.21. The van der Waals surface area contributed by atoms with Crippen LogP contribution in [0.3, 0.4) is 0 Å². The number of nitrogens with zero attached hydrogens (tertiary/aromatic N) is 1. The lowest BCUT2D eigenvalue weighted by atomic mass is 9.91. The molecule has 2 aliphatic rings. The minimum atomic E-state index is 0.108. The molecule has 15 heavy (non-hydrogen) atoms. The van der Waals surface area contributed by atoms with E-state index in [0.29, 0.717) is 18.2 Å². The Hall–Kier alpha value is -0.860. The van der Waals surface area contributed by atoms with Crippen LogP contribution in [0.5, 0.6) is 0 Å². The fraction of sp³-hybridized carbons (Fsp3) is 0.833. The minimum absolute atomic E-state index is 0.108. The number of hydrogen-bond donors (Lipinski definition) is 0. The Labute approximate surface area is 90.8 Å². The number of carbonyl (C=O) groups excluding carboxylic acids is 2. The van der Waals surface area contributed by atoms with Crippen molar-refractivity contribution in [3.05, 3.63) is 0 Å². The molecule has 3 nitrogen and oxygen atoms in total. The van der Waals surface area contributed by atoms with E-state index < -0.39 is 0 Å². The van der Waals surface area contributed by atoms with Gasteiger partial charge in [-0.2, -0.15) is 0 Å². The molecule has 1 amide bonds. The first-order valence-electron chi connectivity index (χ1n) is 5.97. The summed E-state index contributed by atoms with van der Waals surface area (Å²) in [6, 6.07) is 0. The van der Waals surface area contributed by atoms with Crippen LogP contribution in [0.4, 0.5) is 0 Å². The maximum atomic E-state index is 12.1. The minimum Gasteiger partial charge on any atom is -0.342 e. The lowest BCUT2D eigenvalue weighted by Gasteiger charge is -2.15. The SMILES string of the molecule is CC(=O)N1CCC(C(=O)C2CCCC2)C1. The van der Waals surface area contributed by atoms with Crippen LogP contribution >= 0.6 is 0 Å². The van der Waals surface area contributed by atoms with Crippen molar-refractivity contribution in [2.75, 3.05) is 13.1 Å². The van der Waals surface area contributed by atoms with Crippen LogP contribution < -0.4 is 0 Å². The summed E-state index contributed by atoms with van der Waals surface area (Å²) in [6.45, 7) is 3.03. The average Bonchev–Trinajstić information content (AvgIpc) is 2.88. The van der Waals surface area contributed by atoms with Crippen molar-refractivity contribution in [2.24, 2.45) is 11.8 Å². The molecule has 2 fully saturated rings. The second-order valence-corrected chi connectivity index (χ2v) is 4.83. The standard InChI is InChI=1S/C12H19NO2/c1-9(14)13-7-6-11(8-13)12(15)10-4-2-3-5-10/h10-11H,2-8H2,1H3. The number of Topliss-reactive ketones (excluding diaryl/α,β-unsaturated/α-hetero) is 1. The molecule has 3 heteroatoms. The van der Waals surface area contributed by atoms with Crippen LogP contribution in [-0.4, -0.2) is 29.7 Å². The smallest absolute Gasteiger partial charge is 0.219 e. The highest BCUT2D eigenvalue weighted by Gasteiger charge is 2.34. The van der Waals surface area contributed by atoms with Gasteiger partial charge < -0.3 is 4.90 Å². The van der Waals surface area contributed by atoms with E-state index in [2.05, 4.69) is 0 Å². The first-order valence-corrected chi connectivity index (χ1v) is 5.97. The molecule has 0 N–H and O–H groups in total. The largest absolute Gasteiger partial charge is 0.342 e. The van der Waals surface area contributed by atoms with E-state index in [1.54, 1.807) is 11.8 Å². The van der Waals surface area contributed by atoms with E-state index in [1.165, 1.54) is 12.8 Å². The van der Waals surface area contributed by atoms with Gasteiger partial charge in [0.15, 0.2) is 0 Å². The highest BCUT2D eigenvalue weighted by molar-refractivity contribution is 5.85. The average molecular weight is 209 g/mol.